The van der Waals surface area contributed by atoms with Gasteiger partial charge in [0, 0.05) is 7.11 Å². The Kier molecular flexibility index (Phi) is 11.9. The van der Waals surface area contributed by atoms with Crippen LogP contribution < -0.4 is 0 Å². The van der Waals surface area contributed by atoms with Gasteiger partial charge >= 0.3 is 0 Å². The van der Waals surface area contributed by atoms with Crippen LogP contribution in [0.2, 0.25) is 0 Å². The molecule has 2 N–H and O–H groups in total. The van der Waals surface area contributed by atoms with Gasteiger partial charge in [0.15, 0.2) is 0 Å². The molecular weight excluding hydrogens is 188 g/mol. The van der Waals surface area contributed by atoms with Crippen LogP contribution in [0.1, 0.15) is 70.6 Å². The molecule has 15 heavy (non-hydrogen) atoms. The van der Waals surface area contributed by atoms with Crippen molar-refractivity contribution in [2.24, 2.45) is 0 Å². The zero-order chi connectivity index (χ0) is 11.4. The van der Waals surface area contributed by atoms with Crippen LogP contribution in [0.15, 0.2) is 0 Å². The van der Waals surface area contributed by atoms with Crippen molar-refractivity contribution in [1.29, 1.82) is 0 Å². The van der Waals surface area contributed by atoms with Crippen molar-refractivity contribution in [3.8, 4) is 0 Å². The Morgan fingerprint density at radius 2 is 0.867 bits per heavy atom. The second kappa shape index (κ2) is 12.0. The number of hydrogen-bond acceptors (Lipinski definition) is 2. The van der Waals surface area contributed by atoms with Crippen LogP contribution in [0.5, 0.6) is 0 Å². The Morgan fingerprint density at radius 1 is 0.600 bits per heavy atom. The molecule has 0 heterocycles. The van der Waals surface area contributed by atoms with Gasteiger partial charge in [-0.3, -0.25) is 0 Å². The second-order valence-electron chi connectivity index (χ2n) is 4.41. The van der Waals surface area contributed by atoms with Crippen LogP contribution in [0, 0.1) is 0 Å². The van der Waals surface area contributed by atoms with Gasteiger partial charge in [-0.25, -0.2) is 0 Å². The Labute approximate surface area is 94.7 Å². The predicted molar refractivity (Wildman–Crippen MR) is 64.9 cm³/mol. The molecule has 0 aromatic rings. The molecule has 1 aliphatic carbocycles. The molecule has 0 aromatic heterocycles. The summed E-state index contributed by atoms with van der Waals surface area (Å²) in [4.78, 5) is 0. The van der Waals surface area contributed by atoms with Gasteiger partial charge in [-0.1, -0.05) is 57.8 Å². The maximum absolute atomic E-state index is 9.59. The average molecular weight is 216 g/mol. The molecule has 0 spiro atoms. The zero-order valence-electron chi connectivity index (χ0n) is 10.2. The summed E-state index contributed by atoms with van der Waals surface area (Å²) in [6.45, 7) is 0. The van der Waals surface area contributed by atoms with Crippen molar-refractivity contribution in [2.75, 3.05) is 7.11 Å². The molecule has 92 valence electrons. The smallest absolute Gasteiger partial charge is 0.0540 e. The summed E-state index contributed by atoms with van der Waals surface area (Å²) in [6.07, 6.45) is 14.2. The lowest BCUT2D eigenvalue weighted by atomic mass is 10.00. The average Bonchev–Trinajstić information content (AvgIpc) is 2.26. The van der Waals surface area contributed by atoms with E-state index < -0.39 is 0 Å². The van der Waals surface area contributed by atoms with Gasteiger partial charge in [0.25, 0.3) is 0 Å². The highest BCUT2D eigenvalue weighted by Gasteiger charge is 2.04. The molecule has 0 radical (unpaired) electrons. The highest BCUT2D eigenvalue weighted by molar-refractivity contribution is 4.58. The molecule has 0 amide bonds. The first-order chi connectivity index (χ1) is 7.39. The highest BCUT2D eigenvalue weighted by Crippen LogP contribution is 2.16. The monoisotopic (exact) mass is 216 g/mol. The Balaban J connectivity index is 0.000000921. The number of hydrogen-bond donors (Lipinski definition) is 2. The Morgan fingerprint density at radius 3 is 1.20 bits per heavy atom. The minimum Gasteiger partial charge on any atom is -0.400 e. The molecule has 0 atom stereocenters. The van der Waals surface area contributed by atoms with Crippen LogP contribution in [0.25, 0.3) is 0 Å². The maximum Gasteiger partial charge on any atom is 0.0540 e. The van der Waals surface area contributed by atoms with Gasteiger partial charge in [-0.2, -0.15) is 0 Å². The summed E-state index contributed by atoms with van der Waals surface area (Å²) in [7, 11) is 1.00. The molecule has 0 bridgehead atoms. The molecule has 1 aliphatic rings. The van der Waals surface area contributed by atoms with E-state index in [-0.39, 0.29) is 6.10 Å². The normalized spacial score (nSPS) is 21.8. The van der Waals surface area contributed by atoms with Gasteiger partial charge in [-0.05, 0) is 12.8 Å². The standard InChI is InChI=1S/C12H24O.CH4O/c13-12-10-8-6-4-2-1-3-5-7-9-11-12;1-2/h12-13H,1-11H2;2H,1H3. The van der Waals surface area contributed by atoms with Crippen molar-refractivity contribution < 1.29 is 10.2 Å². The van der Waals surface area contributed by atoms with Crippen LogP contribution in [-0.2, 0) is 0 Å². The largest absolute Gasteiger partial charge is 0.400 e. The molecule has 0 unspecified atom stereocenters. The molecule has 1 fully saturated rings. The summed E-state index contributed by atoms with van der Waals surface area (Å²) in [5.41, 5.74) is 0. The summed E-state index contributed by atoms with van der Waals surface area (Å²) >= 11 is 0. The van der Waals surface area contributed by atoms with E-state index in [0.717, 1.165) is 20.0 Å². The van der Waals surface area contributed by atoms with E-state index in [1.165, 1.54) is 57.8 Å². The minimum absolute atomic E-state index is 0.000531. The summed E-state index contributed by atoms with van der Waals surface area (Å²) in [5, 5.41) is 16.6. The van der Waals surface area contributed by atoms with Crippen molar-refractivity contribution in [3.63, 3.8) is 0 Å². The third-order valence-electron chi connectivity index (χ3n) is 3.07. The van der Waals surface area contributed by atoms with E-state index in [0.29, 0.717) is 0 Å². The van der Waals surface area contributed by atoms with Crippen LogP contribution in [0.3, 0.4) is 0 Å². The molecule has 0 saturated heterocycles. The van der Waals surface area contributed by atoms with Crippen molar-refractivity contribution in [3.05, 3.63) is 0 Å². The topological polar surface area (TPSA) is 40.5 Å². The molecule has 0 aliphatic heterocycles. The zero-order valence-corrected chi connectivity index (χ0v) is 10.2. The summed E-state index contributed by atoms with van der Waals surface area (Å²) in [5.74, 6) is 0. The lowest BCUT2D eigenvalue weighted by Gasteiger charge is -2.11. The van der Waals surface area contributed by atoms with Gasteiger partial charge in [0.1, 0.15) is 0 Å². The van der Waals surface area contributed by atoms with E-state index in [9.17, 15) is 5.11 Å². The van der Waals surface area contributed by atoms with Gasteiger partial charge in [-0.15, -0.1) is 0 Å². The first-order valence-corrected chi connectivity index (χ1v) is 6.52. The van der Waals surface area contributed by atoms with Crippen LogP contribution >= 0.6 is 0 Å². The molecule has 0 aromatic carbocycles. The predicted octanol–water partition coefficient (Wildman–Crippen LogP) is 3.26. The summed E-state index contributed by atoms with van der Waals surface area (Å²) < 4.78 is 0. The van der Waals surface area contributed by atoms with E-state index in [2.05, 4.69) is 0 Å². The number of aliphatic hydroxyl groups excluding tert-OH is 2. The van der Waals surface area contributed by atoms with E-state index in [1.807, 2.05) is 0 Å². The van der Waals surface area contributed by atoms with Crippen LogP contribution in [-0.4, -0.2) is 23.4 Å². The van der Waals surface area contributed by atoms with E-state index >= 15 is 0 Å². The number of rotatable bonds is 0. The Bertz CT molecular complexity index is 103. The van der Waals surface area contributed by atoms with Gasteiger partial charge in [0.2, 0.25) is 0 Å². The number of aliphatic hydroxyl groups is 2. The fraction of sp³-hybridized carbons (Fsp3) is 1.00. The van der Waals surface area contributed by atoms with Gasteiger partial charge in [0.05, 0.1) is 6.10 Å². The SMILES string of the molecule is CO.OC1CCCCCCCCCCC1. The van der Waals surface area contributed by atoms with Gasteiger partial charge < -0.3 is 10.2 Å². The summed E-state index contributed by atoms with van der Waals surface area (Å²) in [6, 6.07) is 0. The van der Waals surface area contributed by atoms with E-state index in [1.54, 1.807) is 0 Å². The van der Waals surface area contributed by atoms with Crippen molar-refractivity contribution in [1.82, 2.24) is 0 Å². The fourth-order valence-corrected chi connectivity index (χ4v) is 2.14. The first kappa shape index (κ1) is 14.9. The molecule has 2 nitrogen and oxygen atoms in total. The van der Waals surface area contributed by atoms with Crippen LogP contribution in [0.4, 0.5) is 0 Å². The third-order valence-corrected chi connectivity index (χ3v) is 3.07. The molecule has 2 heteroatoms. The first-order valence-electron chi connectivity index (χ1n) is 6.52. The third kappa shape index (κ3) is 10.2. The maximum atomic E-state index is 9.59. The lowest BCUT2D eigenvalue weighted by Crippen LogP contribution is -2.06. The molecule has 1 rings (SSSR count). The molecular formula is C13H28O2. The molecule has 1 saturated carbocycles. The van der Waals surface area contributed by atoms with Crippen molar-refractivity contribution in [2.45, 2.75) is 76.7 Å². The lowest BCUT2D eigenvalue weighted by molar-refractivity contribution is 0.146. The second-order valence-corrected chi connectivity index (χ2v) is 4.41. The Hall–Kier alpha value is -0.0800. The van der Waals surface area contributed by atoms with Crippen molar-refractivity contribution >= 4 is 0 Å². The quantitative estimate of drug-likeness (QED) is 0.652. The minimum atomic E-state index is -0.000531. The highest BCUT2D eigenvalue weighted by atomic mass is 16.3. The van der Waals surface area contributed by atoms with E-state index in [4.69, 9.17) is 5.11 Å². The fourth-order valence-electron chi connectivity index (χ4n) is 2.14.